The fraction of sp³-hybridized carbons (Fsp3) is 0.364. The maximum absolute atomic E-state index is 5.62. The summed E-state index contributed by atoms with van der Waals surface area (Å²) in [5, 5.41) is 8.05. The topological polar surface area (TPSA) is 63.6 Å². The Kier molecular flexibility index (Phi) is 2.49. The summed E-state index contributed by atoms with van der Waals surface area (Å²) in [6.45, 7) is 4.06. The lowest BCUT2D eigenvalue weighted by Crippen LogP contribution is -2.25. The van der Waals surface area contributed by atoms with Crippen molar-refractivity contribution in [3.63, 3.8) is 0 Å². The van der Waals surface area contributed by atoms with Gasteiger partial charge < -0.3 is 5.73 Å². The van der Waals surface area contributed by atoms with Crippen molar-refractivity contribution in [1.29, 1.82) is 0 Å². The minimum atomic E-state index is 0.312. The lowest BCUT2D eigenvalue weighted by molar-refractivity contribution is 0.783. The third kappa shape index (κ3) is 2.03. The van der Waals surface area contributed by atoms with Crippen LogP contribution in [-0.2, 0) is 0 Å². The predicted octanol–water partition coefficient (Wildman–Crippen LogP) is 1.49. The molecule has 1 atom stereocenters. The molecule has 1 aliphatic rings. The van der Waals surface area contributed by atoms with E-state index in [0.29, 0.717) is 11.8 Å². The molecule has 0 aromatic carbocycles. The van der Waals surface area contributed by atoms with Gasteiger partial charge in [0.05, 0.1) is 5.71 Å². The molecule has 0 fully saturated rings. The Morgan fingerprint density at radius 2 is 2.13 bits per heavy atom. The van der Waals surface area contributed by atoms with Crippen molar-refractivity contribution in [3.05, 3.63) is 29.6 Å². The number of hydrogen-bond acceptors (Lipinski definition) is 4. The zero-order chi connectivity index (χ0) is 10.8. The molecule has 2 N–H and O–H groups in total. The smallest absolute Gasteiger partial charge is 0.123 e. The van der Waals surface area contributed by atoms with E-state index in [-0.39, 0.29) is 0 Å². The third-order valence-corrected chi connectivity index (χ3v) is 2.48. The van der Waals surface area contributed by atoms with Crippen molar-refractivity contribution in [2.75, 3.05) is 0 Å². The van der Waals surface area contributed by atoms with Crippen LogP contribution in [0.1, 0.15) is 24.6 Å². The molecular formula is C11H14N4. The number of hydrogen-bond donors (Lipinski definition) is 1. The zero-order valence-corrected chi connectivity index (χ0v) is 8.94. The van der Waals surface area contributed by atoms with Crippen molar-refractivity contribution < 1.29 is 0 Å². The van der Waals surface area contributed by atoms with E-state index >= 15 is 0 Å². The molecule has 1 aliphatic heterocycles. The van der Waals surface area contributed by atoms with Crippen LogP contribution in [0.15, 0.2) is 28.5 Å². The highest BCUT2D eigenvalue weighted by atomic mass is 15.2. The molecule has 0 amide bonds. The van der Waals surface area contributed by atoms with Gasteiger partial charge in [-0.25, -0.2) is 0 Å². The maximum Gasteiger partial charge on any atom is 0.123 e. The molecule has 0 saturated heterocycles. The summed E-state index contributed by atoms with van der Waals surface area (Å²) in [6, 6.07) is 4.00. The molecule has 2 heterocycles. The molecule has 2 rings (SSSR count). The summed E-state index contributed by atoms with van der Waals surface area (Å²) in [6.07, 6.45) is 2.61. The zero-order valence-electron chi connectivity index (χ0n) is 8.94. The Hall–Kier alpha value is -1.71. The highest BCUT2D eigenvalue weighted by Gasteiger charge is 2.18. The Morgan fingerprint density at radius 1 is 1.33 bits per heavy atom. The van der Waals surface area contributed by atoms with Gasteiger partial charge in [0.15, 0.2) is 0 Å². The Labute approximate surface area is 88.9 Å². The van der Waals surface area contributed by atoms with E-state index in [1.54, 1.807) is 0 Å². The second kappa shape index (κ2) is 3.81. The second-order valence-electron chi connectivity index (χ2n) is 3.87. The van der Waals surface area contributed by atoms with Gasteiger partial charge in [0.1, 0.15) is 5.84 Å². The molecule has 0 bridgehead atoms. The van der Waals surface area contributed by atoms with Crippen molar-refractivity contribution in [3.8, 4) is 0 Å². The Bertz CT molecular complexity index is 417. The van der Waals surface area contributed by atoms with Crippen LogP contribution in [0.2, 0.25) is 0 Å². The van der Waals surface area contributed by atoms with E-state index in [2.05, 4.69) is 22.1 Å². The highest BCUT2D eigenvalue weighted by molar-refractivity contribution is 6.05. The number of rotatable bonds is 1. The molecular weight excluding hydrogens is 188 g/mol. The minimum absolute atomic E-state index is 0.312. The van der Waals surface area contributed by atoms with E-state index in [4.69, 9.17) is 5.73 Å². The fourth-order valence-corrected chi connectivity index (χ4v) is 1.63. The first-order valence-corrected chi connectivity index (χ1v) is 4.99. The largest absolute Gasteiger partial charge is 0.386 e. The average molecular weight is 202 g/mol. The number of aromatic nitrogens is 1. The predicted molar refractivity (Wildman–Crippen MR) is 60.9 cm³/mol. The van der Waals surface area contributed by atoms with Crippen molar-refractivity contribution in [2.24, 2.45) is 21.9 Å². The molecule has 0 radical (unpaired) electrons. The highest BCUT2D eigenvalue weighted by Crippen LogP contribution is 2.16. The van der Waals surface area contributed by atoms with E-state index in [1.807, 2.05) is 25.3 Å². The summed E-state index contributed by atoms with van der Waals surface area (Å²) in [5.41, 5.74) is 8.62. The van der Waals surface area contributed by atoms with Crippen molar-refractivity contribution in [2.45, 2.75) is 20.3 Å². The van der Waals surface area contributed by atoms with E-state index in [9.17, 15) is 0 Å². The molecule has 78 valence electrons. The van der Waals surface area contributed by atoms with E-state index < -0.39 is 0 Å². The quantitative estimate of drug-likeness (QED) is 0.749. The minimum Gasteiger partial charge on any atom is -0.386 e. The summed E-state index contributed by atoms with van der Waals surface area (Å²) in [4.78, 5) is 4.25. The lowest BCUT2D eigenvalue weighted by atomic mass is 9.95. The second-order valence-corrected chi connectivity index (χ2v) is 3.87. The first kappa shape index (κ1) is 9.83. The van der Waals surface area contributed by atoms with Gasteiger partial charge in [0.25, 0.3) is 0 Å². The number of nitrogens with zero attached hydrogens (tertiary/aromatic N) is 3. The van der Waals surface area contributed by atoms with Gasteiger partial charge in [0, 0.05) is 29.8 Å². The third-order valence-electron chi connectivity index (χ3n) is 2.48. The molecule has 0 spiro atoms. The van der Waals surface area contributed by atoms with E-state index in [0.717, 1.165) is 23.4 Å². The average Bonchev–Trinajstić information content (AvgIpc) is 2.20. The Morgan fingerprint density at radius 3 is 2.73 bits per heavy atom. The molecule has 1 aromatic rings. The summed E-state index contributed by atoms with van der Waals surface area (Å²) in [7, 11) is 0. The van der Waals surface area contributed by atoms with Crippen LogP contribution in [0.3, 0.4) is 0 Å². The summed E-state index contributed by atoms with van der Waals surface area (Å²) in [5.74, 6) is 0.915. The molecule has 15 heavy (non-hydrogen) atoms. The van der Waals surface area contributed by atoms with Gasteiger partial charge >= 0.3 is 0 Å². The SMILES string of the molecule is Cc1ccc(C2=NN=C(N)CC2C)cn1. The van der Waals surface area contributed by atoms with Crippen LogP contribution < -0.4 is 5.73 Å². The summed E-state index contributed by atoms with van der Waals surface area (Å²) < 4.78 is 0. The van der Waals surface area contributed by atoms with Crippen LogP contribution >= 0.6 is 0 Å². The molecule has 4 nitrogen and oxygen atoms in total. The van der Waals surface area contributed by atoms with Gasteiger partial charge in [-0.05, 0) is 19.1 Å². The van der Waals surface area contributed by atoms with Crippen LogP contribution in [-0.4, -0.2) is 16.5 Å². The van der Waals surface area contributed by atoms with Crippen molar-refractivity contribution in [1.82, 2.24) is 4.98 Å². The van der Waals surface area contributed by atoms with Gasteiger partial charge in [-0.3, -0.25) is 4.98 Å². The van der Waals surface area contributed by atoms with Gasteiger partial charge in [0.2, 0.25) is 0 Å². The van der Waals surface area contributed by atoms with E-state index in [1.165, 1.54) is 0 Å². The normalized spacial score (nSPS) is 20.8. The van der Waals surface area contributed by atoms with Crippen LogP contribution in [0.25, 0.3) is 0 Å². The molecule has 1 aromatic heterocycles. The van der Waals surface area contributed by atoms with Gasteiger partial charge in [-0.15, -0.1) is 5.10 Å². The van der Waals surface area contributed by atoms with Gasteiger partial charge in [-0.2, -0.15) is 5.10 Å². The van der Waals surface area contributed by atoms with Gasteiger partial charge in [-0.1, -0.05) is 6.92 Å². The molecule has 4 heteroatoms. The molecule has 0 saturated carbocycles. The summed E-state index contributed by atoms with van der Waals surface area (Å²) >= 11 is 0. The number of aryl methyl sites for hydroxylation is 1. The van der Waals surface area contributed by atoms with Crippen LogP contribution in [0.4, 0.5) is 0 Å². The standard InChI is InChI=1S/C11H14N4/c1-7-5-10(12)14-15-11(7)9-4-3-8(2)13-6-9/h3-4,6-7H,5H2,1-2H3,(H2,12,14). The fourth-order valence-electron chi connectivity index (χ4n) is 1.63. The lowest BCUT2D eigenvalue weighted by Gasteiger charge is -2.16. The first-order chi connectivity index (χ1) is 7.16. The van der Waals surface area contributed by atoms with Crippen molar-refractivity contribution >= 4 is 11.5 Å². The monoisotopic (exact) mass is 202 g/mol. The van der Waals surface area contributed by atoms with Crippen LogP contribution in [0, 0.1) is 12.8 Å². The molecule has 1 unspecified atom stereocenters. The maximum atomic E-state index is 5.62. The molecule has 0 aliphatic carbocycles. The Balaban J connectivity index is 2.35. The number of pyridine rings is 1. The van der Waals surface area contributed by atoms with Crippen LogP contribution in [0.5, 0.6) is 0 Å². The number of nitrogens with two attached hydrogens (primary N) is 1. The first-order valence-electron chi connectivity index (χ1n) is 4.99. The number of amidine groups is 1.